The minimum Gasteiger partial charge on any atom is -0.466 e. The number of ether oxygens (including phenoxy) is 3. The van der Waals surface area contributed by atoms with Gasteiger partial charge in [0.1, 0.15) is 22.9 Å². The van der Waals surface area contributed by atoms with Crippen molar-refractivity contribution in [3.8, 4) is 0 Å². The molecular weight excluding hydrogens is 328 g/mol. The first-order chi connectivity index (χ1) is 11.3. The van der Waals surface area contributed by atoms with Gasteiger partial charge >= 0.3 is 17.9 Å². The SMILES string of the molecule is CCOC(=O)c1c(F)cc(N/C(=C/C(=O)OC)C(=O)OC)cc1F. The molecule has 0 spiro atoms. The minimum absolute atomic E-state index is 0.0495. The van der Waals surface area contributed by atoms with E-state index in [1.54, 1.807) is 0 Å². The van der Waals surface area contributed by atoms with Crippen molar-refractivity contribution in [3.05, 3.63) is 41.1 Å². The van der Waals surface area contributed by atoms with Crippen LogP contribution in [0.1, 0.15) is 17.3 Å². The summed E-state index contributed by atoms with van der Waals surface area (Å²) in [5.74, 6) is -5.39. The summed E-state index contributed by atoms with van der Waals surface area (Å²) in [5, 5.41) is 2.33. The highest BCUT2D eigenvalue weighted by atomic mass is 19.1. The molecule has 1 aromatic rings. The molecule has 1 aromatic carbocycles. The van der Waals surface area contributed by atoms with Crippen LogP contribution in [0.3, 0.4) is 0 Å². The van der Waals surface area contributed by atoms with Crippen molar-refractivity contribution in [2.45, 2.75) is 6.92 Å². The van der Waals surface area contributed by atoms with Crippen LogP contribution in [0, 0.1) is 11.6 Å². The van der Waals surface area contributed by atoms with Crippen molar-refractivity contribution in [1.82, 2.24) is 0 Å². The second kappa shape index (κ2) is 8.61. The monoisotopic (exact) mass is 343 g/mol. The molecule has 7 nitrogen and oxygen atoms in total. The summed E-state index contributed by atoms with van der Waals surface area (Å²) in [6, 6.07) is 1.53. The number of methoxy groups -OCH3 is 2. The average molecular weight is 343 g/mol. The highest BCUT2D eigenvalue weighted by Gasteiger charge is 2.21. The second-order valence-corrected chi connectivity index (χ2v) is 4.23. The Morgan fingerprint density at radius 2 is 1.71 bits per heavy atom. The molecule has 0 atom stereocenters. The van der Waals surface area contributed by atoms with E-state index in [4.69, 9.17) is 0 Å². The fourth-order valence-corrected chi connectivity index (χ4v) is 1.63. The first-order valence-corrected chi connectivity index (χ1v) is 6.65. The van der Waals surface area contributed by atoms with E-state index >= 15 is 0 Å². The molecule has 130 valence electrons. The van der Waals surface area contributed by atoms with E-state index in [9.17, 15) is 23.2 Å². The normalized spacial score (nSPS) is 10.8. The molecule has 0 aliphatic carbocycles. The molecule has 24 heavy (non-hydrogen) atoms. The summed E-state index contributed by atoms with van der Waals surface area (Å²) in [5.41, 5.74) is -1.50. The van der Waals surface area contributed by atoms with Crippen molar-refractivity contribution in [2.24, 2.45) is 0 Å². The maximum absolute atomic E-state index is 13.9. The van der Waals surface area contributed by atoms with Crippen LogP contribution in [0.15, 0.2) is 23.9 Å². The smallest absolute Gasteiger partial charge is 0.354 e. The summed E-state index contributed by atoms with van der Waals surface area (Å²) in [4.78, 5) is 34.3. The third-order valence-corrected chi connectivity index (χ3v) is 2.67. The standard InChI is InChI=1S/C15H15F2NO6/c1-4-24-15(21)13-9(16)5-8(6-10(13)17)18-11(14(20)23-3)7-12(19)22-2/h5-7,18H,4H2,1-3H3/b11-7+. The molecule has 1 rings (SSSR count). The Labute approximate surface area is 136 Å². The van der Waals surface area contributed by atoms with E-state index < -0.39 is 40.8 Å². The van der Waals surface area contributed by atoms with Gasteiger partial charge in [0.2, 0.25) is 0 Å². The van der Waals surface area contributed by atoms with E-state index in [0.717, 1.165) is 32.4 Å². The largest absolute Gasteiger partial charge is 0.466 e. The number of carbonyl (C=O) groups excluding carboxylic acids is 3. The predicted octanol–water partition coefficient (Wildman–Crippen LogP) is 1.78. The van der Waals surface area contributed by atoms with Gasteiger partial charge in [-0.15, -0.1) is 0 Å². The fraction of sp³-hybridized carbons (Fsp3) is 0.267. The van der Waals surface area contributed by atoms with Gasteiger partial charge in [-0.1, -0.05) is 0 Å². The zero-order valence-corrected chi connectivity index (χ0v) is 13.1. The van der Waals surface area contributed by atoms with Gasteiger partial charge in [-0.3, -0.25) is 0 Å². The van der Waals surface area contributed by atoms with Crippen molar-refractivity contribution in [2.75, 3.05) is 26.1 Å². The lowest BCUT2D eigenvalue weighted by Crippen LogP contribution is -2.16. The van der Waals surface area contributed by atoms with E-state index in [-0.39, 0.29) is 12.3 Å². The summed E-state index contributed by atoms with van der Waals surface area (Å²) >= 11 is 0. The summed E-state index contributed by atoms with van der Waals surface area (Å²) in [6.45, 7) is 1.44. The van der Waals surface area contributed by atoms with Crippen molar-refractivity contribution in [1.29, 1.82) is 0 Å². The van der Waals surface area contributed by atoms with Crippen LogP contribution >= 0.6 is 0 Å². The lowest BCUT2D eigenvalue weighted by Gasteiger charge is -2.11. The lowest BCUT2D eigenvalue weighted by molar-refractivity contribution is -0.138. The van der Waals surface area contributed by atoms with Gasteiger partial charge < -0.3 is 19.5 Å². The van der Waals surface area contributed by atoms with Gasteiger partial charge in [0.25, 0.3) is 0 Å². The van der Waals surface area contributed by atoms with Crippen molar-refractivity contribution < 1.29 is 37.4 Å². The number of anilines is 1. The Hall–Kier alpha value is -2.97. The Balaban J connectivity index is 3.18. The van der Waals surface area contributed by atoms with E-state index in [2.05, 4.69) is 19.5 Å². The molecule has 0 heterocycles. The highest BCUT2D eigenvalue weighted by Crippen LogP contribution is 2.21. The van der Waals surface area contributed by atoms with Crippen molar-refractivity contribution in [3.63, 3.8) is 0 Å². The third-order valence-electron chi connectivity index (χ3n) is 2.67. The van der Waals surface area contributed by atoms with Crippen LogP contribution in [-0.2, 0) is 23.8 Å². The summed E-state index contributed by atoms with van der Waals surface area (Å²) in [7, 11) is 2.14. The van der Waals surface area contributed by atoms with Gasteiger partial charge in [0.15, 0.2) is 0 Å². The van der Waals surface area contributed by atoms with Gasteiger partial charge in [-0.2, -0.15) is 0 Å². The molecule has 9 heteroatoms. The number of carbonyl (C=O) groups is 3. The van der Waals surface area contributed by atoms with Crippen LogP contribution in [0.2, 0.25) is 0 Å². The lowest BCUT2D eigenvalue weighted by atomic mass is 10.1. The van der Waals surface area contributed by atoms with Crippen LogP contribution in [0.4, 0.5) is 14.5 Å². The number of halogens is 2. The summed E-state index contributed by atoms with van der Waals surface area (Å²) < 4.78 is 41.2. The van der Waals surface area contributed by atoms with E-state index in [1.807, 2.05) is 0 Å². The number of hydrogen-bond donors (Lipinski definition) is 1. The third kappa shape index (κ3) is 4.77. The Morgan fingerprint density at radius 1 is 1.12 bits per heavy atom. The minimum atomic E-state index is -1.20. The average Bonchev–Trinajstić information content (AvgIpc) is 2.52. The second-order valence-electron chi connectivity index (χ2n) is 4.23. The predicted molar refractivity (Wildman–Crippen MR) is 78.1 cm³/mol. The van der Waals surface area contributed by atoms with Gasteiger partial charge in [0, 0.05) is 5.69 Å². The number of rotatable bonds is 6. The zero-order valence-electron chi connectivity index (χ0n) is 13.1. The maximum Gasteiger partial charge on any atom is 0.354 e. The van der Waals surface area contributed by atoms with Gasteiger partial charge in [-0.05, 0) is 19.1 Å². The molecule has 0 bridgehead atoms. The maximum atomic E-state index is 13.9. The first-order valence-electron chi connectivity index (χ1n) is 6.65. The Morgan fingerprint density at radius 3 is 2.17 bits per heavy atom. The number of hydrogen-bond acceptors (Lipinski definition) is 7. The fourth-order valence-electron chi connectivity index (χ4n) is 1.63. The molecule has 0 saturated heterocycles. The van der Waals surface area contributed by atoms with Crippen molar-refractivity contribution >= 4 is 23.6 Å². The molecule has 0 fully saturated rings. The molecule has 0 aliphatic rings. The van der Waals surface area contributed by atoms with Crippen LogP contribution < -0.4 is 5.32 Å². The number of nitrogens with one attached hydrogen (secondary N) is 1. The molecule has 0 unspecified atom stereocenters. The molecular formula is C15H15F2NO6. The highest BCUT2D eigenvalue weighted by molar-refractivity contribution is 5.99. The topological polar surface area (TPSA) is 90.9 Å². The Kier molecular flexibility index (Phi) is 6.84. The first kappa shape index (κ1) is 19.1. The summed E-state index contributed by atoms with van der Waals surface area (Å²) in [6.07, 6.45) is 0.751. The van der Waals surface area contributed by atoms with Crippen LogP contribution in [0.5, 0.6) is 0 Å². The van der Waals surface area contributed by atoms with Crippen LogP contribution in [-0.4, -0.2) is 38.7 Å². The quantitative estimate of drug-likeness (QED) is 0.478. The molecule has 0 aliphatic heterocycles. The number of benzene rings is 1. The molecule has 1 N–H and O–H groups in total. The van der Waals surface area contributed by atoms with E-state index in [1.165, 1.54) is 6.92 Å². The van der Waals surface area contributed by atoms with Crippen LogP contribution in [0.25, 0.3) is 0 Å². The Bertz CT molecular complexity index is 664. The number of esters is 3. The molecule has 0 amide bonds. The van der Waals surface area contributed by atoms with E-state index in [0.29, 0.717) is 0 Å². The zero-order chi connectivity index (χ0) is 18.3. The molecule has 0 aromatic heterocycles. The molecule has 0 radical (unpaired) electrons. The van der Waals surface area contributed by atoms with Gasteiger partial charge in [0.05, 0.1) is 26.9 Å². The molecule has 0 saturated carbocycles. The van der Waals surface area contributed by atoms with Gasteiger partial charge in [-0.25, -0.2) is 23.2 Å².